The van der Waals surface area contributed by atoms with Gasteiger partial charge in [-0.1, -0.05) is 20.8 Å². The maximum atomic E-state index is 13.3. The van der Waals surface area contributed by atoms with E-state index in [0.717, 1.165) is 12.8 Å². The first-order chi connectivity index (χ1) is 14.2. The molecule has 2 atom stereocenters. The Kier molecular flexibility index (Phi) is 6.81. The van der Waals surface area contributed by atoms with Gasteiger partial charge in [0, 0.05) is 19.6 Å². The lowest BCUT2D eigenvalue weighted by Crippen LogP contribution is -2.49. The van der Waals surface area contributed by atoms with Crippen LogP contribution in [0, 0.1) is 5.41 Å². The topological polar surface area (TPSA) is 76.2 Å². The molecule has 2 aliphatic heterocycles. The average Bonchev–Trinajstić information content (AvgIpc) is 3.27. The summed E-state index contributed by atoms with van der Waals surface area (Å²) in [5, 5.41) is 0. The number of imide groups is 1. The lowest BCUT2D eigenvalue weighted by atomic mass is 9.91. The molecule has 3 amide bonds. The fraction of sp³-hybridized carbons (Fsp3) is 0.609. The van der Waals surface area contributed by atoms with Gasteiger partial charge in [-0.2, -0.15) is 0 Å². The van der Waals surface area contributed by atoms with Gasteiger partial charge in [-0.15, -0.1) is 0 Å². The molecule has 2 heterocycles. The summed E-state index contributed by atoms with van der Waals surface area (Å²) >= 11 is 0. The largest absolute Gasteiger partial charge is 0.494 e. The van der Waals surface area contributed by atoms with Gasteiger partial charge in [0.05, 0.1) is 24.8 Å². The summed E-state index contributed by atoms with van der Waals surface area (Å²) < 4.78 is 11.1. The van der Waals surface area contributed by atoms with Crippen LogP contribution in [0.15, 0.2) is 24.3 Å². The predicted molar refractivity (Wildman–Crippen MR) is 113 cm³/mol. The van der Waals surface area contributed by atoms with E-state index >= 15 is 0 Å². The molecule has 2 aliphatic rings. The minimum Gasteiger partial charge on any atom is -0.494 e. The van der Waals surface area contributed by atoms with E-state index in [1.54, 1.807) is 29.2 Å². The second kappa shape index (κ2) is 9.16. The number of benzene rings is 1. The Morgan fingerprint density at radius 1 is 1.23 bits per heavy atom. The summed E-state index contributed by atoms with van der Waals surface area (Å²) in [6.07, 6.45) is 2.02. The molecule has 0 aliphatic carbocycles. The molecule has 1 aromatic rings. The van der Waals surface area contributed by atoms with Crippen LogP contribution in [0.3, 0.4) is 0 Å². The average molecular weight is 417 g/mol. The van der Waals surface area contributed by atoms with Crippen LogP contribution in [0.2, 0.25) is 0 Å². The van der Waals surface area contributed by atoms with Crippen molar-refractivity contribution >= 4 is 23.4 Å². The van der Waals surface area contributed by atoms with Crippen molar-refractivity contribution in [3.05, 3.63) is 24.3 Å². The molecule has 0 saturated carbocycles. The standard InChI is InChI=1S/C23H32N2O5/c1-5-29-17-10-8-16(9-11-17)25-20(26)13-19(22(25)28)24(15-18-7-6-12-30-18)21(27)14-23(2,3)4/h8-11,18-19H,5-7,12-15H2,1-4H3. The summed E-state index contributed by atoms with van der Waals surface area (Å²) in [5.41, 5.74) is 0.281. The van der Waals surface area contributed by atoms with E-state index < -0.39 is 6.04 Å². The highest BCUT2D eigenvalue weighted by Gasteiger charge is 2.45. The van der Waals surface area contributed by atoms with Gasteiger partial charge in [0.1, 0.15) is 11.8 Å². The van der Waals surface area contributed by atoms with Crippen molar-refractivity contribution in [3.63, 3.8) is 0 Å². The molecule has 7 heteroatoms. The minimum absolute atomic E-state index is 0.00531. The second-order valence-corrected chi connectivity index (χ2v) is 9.13. The SMILES string of the molecule is CCOc1ccc(N2C(=O)CC(N(CC3CCCO3)C(=O)CC(C)(C)C)C2=O)cc1. The highest BCUT2D eigenvalue weighted by atomic mass is 16.5. The van der Waals surface area contributed by atoms with Crippen LogP contribution in [0.1, 0.15) is 53.4 Å². The minimum atomic E-state index is -0.789. The van der Waals surface area contributed by atoms with E-state index in [4.69, 9.17) is 9.47 Å². The number of ether oxygens (including phenoxy) is 2. The second-order valence-electron chi connectivity index (χ2n) is 9.13. The Hall–Kier alpha value is -2.41. The van der Waals surface area contributed by atoms with Crippen molar-refractivity contribution in [1.29, 1.82) is 0 Å². The quantitative estimate of drug-likeness (QED) is 0.638. The molecule has 2 saturated heterocycles. The first-order valence-corrected chi connectivity index (χ1v) is 10.7. The van der Waals surface area contributed by atoms with Crippen molar-refractivity contribution in [2.45, 2.75) is 65.5 Å². The summed E-state index contributed by atoms with van der Waals surface area (Å²) in [6, 6.07) is 6.08. The molecule has 3 rings (SSSR count). The Labute approximate surface area is 178 Å². The van der Waals surface area contributed by atoms with Crippen LogP contribution in [-0.4, -0.2) is 54.5 Å². The zero-order valence-corrected chi connectivity index (χ0v) is 18.3. The van der Waals surface area contributed by atoms with Crippen LogP contribution < -0.4 is 9.64 Å². The van der Waals surface area contributed by atoms with E-state index in [2.05, 4.69) is 0 Å². The third-order valence-electron chi connectivity index (χ3n) is 5.33. The fourth-order valence-electron chi connectivity index (χ4n) is 3.95. The third-order valence-corrected chi connectivity index (χ3v) is 5.33. The van der Waals surface area contributed by atoms with E-state index in [-0.39, 0.29) is 35.7 Å². The molecule has 0 radical (unpaired) electrons. The maximum Gasteiger partial charge on any atom is 0.257 e. The number of hydrogen-bond acceptors (Lipinski definition) is 5. The molecule has 0 N–H and O–H groups in total. The molecule has 2 fully saturated rings. The van der Waals surface area contributed by atoms with E-state index in [1.165, 1.54) is 4.90 Å². The summed E-state index contributed by atoms with van der Waals surface area (Å²) in [7, 11) is 0. The molecule has 0 bridgehead atoms. The third kappa shape index (κ3) is 5.19. The maximum absolute atomic E-state index is 13.3. The molecule has 164 valence electrons. The summed E-state index contributed by atoms with van der Waals surface area (Å²) in [4.78, 5) is 41.9. The number of rotatable bonds is 7. The monoisotopic (exact) mass is 416 g/mol. The number of carbonyl (C=O) groups is 3. The van der Waals surface area contributed by atoms with Crippen LogP contribution in [-0.2, 0) is 19.1 Å². The molecule has 30 heavy (non-hydrogen) atoms. The lowest BCUT2D eigenvalue weighted by Gasteiger charge is -2.32. The number of amides is 3. The van der Waals surface area contributed by atoms with Crippen molar-refractivity contribution in [1.82, 2.24) is 4.90 Å². The first kappa shape index (κ1) is 22.3. The number of nitrogens with zero attached hydrogens (tertiary/aromatic N) is 2. The van der Waals surface area contributed by atoms with Gasteiger partial charge in [0.2, 0.25) is 11.8 Å². The zero-order chi connectivity index (χ0) is 21.9. The van der Waals surface area contributed by atoms with Crippen LogP contribution in [0.4, 0.5) is 5.69 Å². The Bertz CT molecular complexity index is 778. The summed E-state index contributed by atoms with van der Waals surface area (Å²) in [5.74, 6) is -0.0885. The van der Waals surface area contributed by atoms with E-state index in [0.29, 0.717) is 37.6 Å². The molecule has 0 spiro atoms. The normalized spacial score (nSPS) is 21.9. The predicted octanol–water partition coefficient (Wildman–Crippen LogP) is 3.16. The van der Waals surface area contributed by atoms with Gasteiger partial charge >= 0.3 is 0 Å². The van der Waals surface area contributed by atoms with Crippen molar-refractivity contribution in [3.8, 4) is 5.75 Å². The molecular formula is C23H32N2O5. The van der Waals surface area contributed by atoms with E-state index in [1.807, 2.05) is 27.7 Å². The van der Waals surface area contributed by atoms with Gasteiger partial charge < -0.3 is 14.4 Å². The van der Waals surface area contributed by atoms with Crippen molar-refractivity contribution in [2.75, 3.05) is 24.7 Å². The highest BCUT2D eigenvalue weighted by molar-refractivity contribution is 6.23. The molecule has 2 unspecified atom stereocenters. The van der Waals surface area contributed by atoms with Crippen LogP contribution in [0.5, 0.6) is 5.75 Å². The van der Waals surface area contributed by atoms with Gasteiger partial charge in [0.15, 0.2) is 0 Å². The Balaban J connectivity index is 1.81. The number of carbonyl (C=O) groups excluding carboxylic acids is 3. The number of hydrogen-bond donors (Lipinski definition) is 0. The lowest BCUT2D eigenvalue weighted by molar-refractivity contribution is -0.141. The van der Waals surface area contributed by atoms with Gasteiger partial charge in [-0.25, -0.2) is 4.90 Å². The van der Waals surface area contributed by atoms with Crippen LogP contribution >= 0.6 is 0 Å². The molecule has 1 aromatic carbocycles. The fourth-order valence-corrected chi connectivity index (χ4v) is 3.95. The first-order valence-electron chi connectivity index (χ1n) is 10.7. The van der Waals surface area contributed by atoms with Crippen LogP contribution in [0.25, 0.3) is 0 Å². The van der Waals surface area contributed by atoms with E-state index in [9.17, 15) is 14.4 Å². The molecule has 0 aromatic heterocycles. The highest BCUT2D eigenvalue weighted by Crippen LogP contribution is 2.30. The van der Waals surface area contributed by atoms with Gasteiger partial charge in [-0.05, 0) is 49.4 Å². The van der Waals surface area contributed by atoms with Gasteiger partial charge in [0.25, 0.3) is 5.91 Å². The molecule has 7 nitrogen and oxygen atoms in total. The summed E-state index contributed by atoms with van der Waals surface area (Å²) in [6.45, 7) is 9.41. The Morgan fingerprint density at radius 3 is 2.50 bits per heavy atom. The zero-order valence-electron chi connectivity index (χ0n) is 18.3. The van der Waals surface area contributed by atoms with Crippen molar-refractivity contribution < 1.29 is 23.9 Å². The number of anilines is 1. The smallest absolute Gasteiger partial charge is 0.257 e. The van der Waals surface area contributed by atoms with Crippen molar-refractivity contribution in [2.24, 2.45) is 5.41 Å². The Morgan fingerprint density at radius 2 is 1.93 bits per heavy atom. The van der Waals surface area contributed by atoms with Gasteiger partial charge in [-0.3, -0.25) is 14.4 Å². The molecular weight excluding hydrogens is 384 g/mol.